The second kappa shape index (κ2) is 13.8. The molecule has 0 spiro atoms. The third-order valence-electron chi connectivity index (χ3n) is 8.52. The average molecular weight is 655 g/mol. The molecule has 3 heterocycles. The summed E-state index contributed by atoms with van der Waals surface area (Å²) < 4.78 is 21.7. The summed E-state index contributed by atoms with van der Waals surface area (Å²) in [4.78, 5) is 68.7. The molecule has 2 N–H and O–H groups in total. The molecule has 1 atom stereocenters. The lowest BCUT2D eigenvalue weighted by Gasteiger charge is -2.38. The minimum absolute atomic E-state index is 0.0189. The maximum atomic E-state index is 14.4. The summed E-state index contributed by atoms with van der Waals surface area (Å²) in [5, 5.41) is 5.28. The van der Waals surface area contributed by atoms with Crippen molar-refractivity contribution in [2.75, 3.05) is 38.6 Å². The molecular formula is C32H36ClFN6O6. The van der Waals surface area contributed by atoms with Crippen LogP contribution in [-0.2, 0) is 22.6 Å². The lowest BCUT2D eigenvalue weighted by molar-refractivity contribution is -0.133. The minimum atomic E-state index is -0.778. The predicted molar refractivity (Wildman–Crippen MR) is 171 cm³/mol. The SMILES string of the molecule is COc1ccc2c(c1)CCN(C1CCN(C(=O)Cn3cc(-c4cccc(F)c4Cl)c(=O)n(C(C)CNC(C)=O)c3=O)CC1)C(=O)N2. The highest BCUT2D eigenvalue weighted by molar-refractivity contribution is 6.33. The van der Waals surface area contributed by atoms with E-state index in [9.17, 15) is 28.4 Å². The fraction of sp³-hybridized carbons (Fsp3) is 0.406. The van der Waals surface area contributed by atoms with Crippen molar-refractivity contribution in [2.45, 2.75) is 51.7 Å². The van der Waals surface area contributed by atoms with Crippen LogP contribution in [0.2, 0.25) is 5.02 Å². The third kappa shape index (κ3) is 6.79. The monoisotopic (exact) mass is 654 g/mol. The van der Waals surface area contributed by atoms with Crippen LogP contribution in [0.15, 0.2) is 52.2 Å². The van der Waals surface area contributed by atoms with Gasteiger partial charge in [0.2, 0.25) is 11.8 Å². The highest BCUT2D eigenvalue weighted by Crippen LogP contribution is 2.29. The van der Waals surface area contributed by atoms with Crippen LogP contribution >= 0.6 is 11.6 Å². The fourth-order valence-corrected chi connectivity index (χ4v) is 6.21. The largest absolute Gasteiger partial charge is 0.497 e. The van der Waals surface area contributed by atoms with Crippen molar-refractivity contribution in [3.63, 3.8) is 0 Å². The second-order valence-corrected chi connectivity index (χ2v) is 11.9. The molecule has 5 rings (SSSR count). The number of likely N-dealkylation sites (tertiary alicyclic amines) is 1. The lowest BCUT2D eigenvalue weighted by Crippen LogP contribution is -2.51. The van der Waals surface area contributed by atoms with Crippen molar-refractivity contribution in [2.24, 2.45) is 0 Å². The Kier molecular flexibility index (Phi) is 9.80. The van der Waals surface area contributed by atoms with Gasteiger partial charge in [0.1, 0.15) is 18.1 Å². The summed E-state index contributed by atoms with van der Waals surface area (Å²) >= 11 is 6.21. The molecule has 2 aliphatic rings. The van der Waals surface area contributed by atoms with Crippen molar-refractivity contribution in [1.82, 2.24) is 24.3 Å². The van der Waals surface area contributed by atoms with Gasteiger partial charge in [0, 0.05) is 56.6 Å². The molecule has 4 amide bonds. The van der Waals surface area contributed by atoms with E-state index in [1.807, 2.05) is 12.1 Å². The summed E-state index contributed by atoms with van der Waals surface area (Å²) in [5.74, 6) is -0.715. The number of methoxy groups -OCH3 is 1. The maximum Gasteiger partial charge on any atom is 0.331 e. The summed E-state index contributed by atoms with van der Waals surface area (Å²) in [7, 11) is 1.60. The molecule has 2 aromatic carbocycles. The number of halogens is 2. The van der Waals surface area contributed by atoms with Gasteiger partial charge in [-0.1, -0.05) is 23.7 Å². The van der Waals surface area contributed by atoms with E-state index in [1.54, 1.807) is 29.9 Å². The molecule has 2 aliphatic heterocycles. The van der Waals surface area contributed by atoms with Gasteiger partial charge in [0.25, 0.3) is 5.56 Å². The standard InChI is InChI=1S/C32H36ClFN6O6/c1-19(16-35-20(2)41)40-30(43)25(24-5-4-6-26(34)29(24)33)17-38(32(40)45)18-28(42)37-12-10-22(11-13-37)39-14-9-21-15-23(46-3)7-8-27(21)36-31(39)44/h4-8,15,17,19,22H,9-14,16,18H2,1-3H3,(H,35,41)(H,36,44). The first-order valence-electron chi connectivity index (χ1n) is 15.1. The molecule has 1 aromatic heterocycles. The van der Waals surface area contributed by atoms with E-state index >= 15 is 0 Å². The molecule has 1 saturated heterocycles. The van der Waals surface area contributed by atoms with Crippen LogP contribution in [0.3, 0.4) is 0 Å². The van der Waals surface area contributed by atoms with Gasteiger partial charge >= 0.3 is 11.7 Å². The van der Waals surface area contributed by atoms with Crippen LogP contribution in [0.1, 0.15) is 38.3 Å². The number of urea groups is 1. The number of piperidine rings is 1. The van der Waals surface area contributed by atoms with Gasteiger partial charge in [0.15, 0.2) is 0 Å². The zero-order chi connectivity index (χ0) is 33.1. The molecule has 0 saturated carbocycles. The molecule has 46 heavy (non-hydrogen) atoms. The van der Waals surface area contributed by atoms with Crippen molar-refractivity contribution >= 4 is 35.1 Å². The molecule has 244 valence electrons. The van der Waals surface area contributed by atoms with Gasteiger partial charge in [-0.2, -0.15) is 0 Å². The van der Waals surface area contributed by atoms with Gasteiger partial charge in [-0.3, -0.25) is 23.5 Å². The van der Waals surface area contributed by atoms with E-state index < -0.39 is 23.1 Å². The van der Waals surface area contributed by atoms with Gasteiger partial charge in [-0.25, -0.2) is 14.0 Å². The highest BCUT2D eigenvalue weighted by Gasteiger charge is 2.32. The molecule has 12 nitrogen and oxygen atoms in total. The first-order valence-corrected chi connectivity index (χ1v) is 15.4. The first-order chi connectivity index (χ1) is 22.0. The smallest absolute Gasteiger partial charge is 0.331 e. The molecular weight excluding hydrogens is 619 g/mol. The average Bonchev–Trinajstić information content (AvgIpc) is 3.20. The van der Waals surface area contributed by atoms with Crippen molar-refractivity contribution in [3.8, 4) is 16.9 Å². The number of fused-ring (bicyclic) bond motifs is 1. The Labute approximate surface area is 269 Å². The first kappa shape index (κ1) is 32.7. The number of nitrogens with one attached hydrogen (secondary N) is 2. The zero-order valence-electron chi connectivity index (χ0n) is 25.8. The molecule has 0 bridgehead atoms. The second-order valence-electron chi connectivity index (χ2n) is 11.5. The van der Waals surface area contributed by atoms with Gasteiger partial charge in [-0.15, -0.1) is 0 Å². The zero-order valence-corrected chi connectivity index (χ0v) is 26.6. The van der Waals surface area contributed by atoms with E-state index in [-0.39, 0.29) is 53.1 Å². The molecule has 0 radical (unpaired) electrons. The van der Waals surface area contributed by atoms with Crippen LogP contribution < -0.4 is 26.6 Å². The number of carbonyl (C=O) groups excluding carboxylic acids is 3. The van der Waals surface area contributed by atoms with Crippen LogP contribution in [-0.4, -0.2) is 76.1 Å². The molecule has 0 aliphatic carbocycles. The van der Waals surface area contributed by atoms with Crippen molar-refractivity contribution in [3.05, 3.63) is 79.8 Å². The number of carbonyl (C=O) groups is 3. The Morgan fingerprint density at radius 1 is 1.11 bits per heavy atom. The molecule has 1 fully saturated rings. The summed E-state index contributed by atoms with van der Waals surface area (Å²) in [6.07, 6.45) is 2.98. The minimum Gasteiger partial charge on any atom is -0.497 e. The lowest BCUT2D eigenvalue weighted by atomic mass is 10.0. The number of rotatable bonds is 8. The van der Waals surface area contributed by atoms with E-state index in [4.69, 9.17) is 16.3 Å². The number of benzene rings is 2. The normalized spacial score (nSPS) is 15.9. The summed E-state index contributed by atoms with van der Waals surface area (Å²) in [5.41, 5.74) is 0.274. The fourth-order valence-electron chi connectivity index (χ4n) is 5.98. The topological polar surface area (TPSA) is 135 Å². The number of amides is 4. The van der Waals surface area contributed by atoms with Gasteiger partial charge in [0.05, 0.1) is 23.7 Å². The third-order valence-corrected chi connectivity index (χ3v) is 8.90. The molecule has 3 aromatic rings. The highest BCUT2D eigenvalue weighted by atomic mass is 35.5. The Hall–Kier alpha value is -4.65. The number of anilines is 1. The van der Waals surface area contributed by atoms with Crippen LogP contribution in [0.5, 0.6) is 5.75 Å². The van der Waals surface area contributed by atoms with Crippen LogP contribution in [0.4, 0.5) is 14.9 Å². The molecule has 14 heteroatoms. The van der Waals surface area contributed by atoms with E-state index in [2.05, 4.69) is 10.6 Å². The van der Waals surface area contributed by atoms with Crippen LogP contribution in [0.25, 0.3) is 11.1 Å². The van der Waals surface area contributed by atoms with Crippen molar-refractivity contribution < 1.29 is 23.5 Å². The Morgan fingerprint density at radius 2 is 1.85 bits per heavy atom. The van der Waals surface area contributed by atoms with E-state index in [0.29, 0.717) is 38.9 Å². The van der Waals surface area contributed by atoms with Gasteiger partial charge in [-0.05, 0) is 56.0 Å². The van der Waals surface area contributed by atoms with E-state index in [0.717, 1.165) is 32.2 Å². The maximum absolute atomic E-state index is 14.4. The van der Waals surface area contributed by atoms with E-state index in [1.165, 1.54) is 25.3 Å². The van der Waals surface area contributed by atoms with Crippen molar-refractivity contribution in [1.29, 1.82) is 0 Å². The number of nitrogens with zero attached hydrogens (tertiary/aromatic N) is 4. The summed E-state index contributed by atoms with van der Waals surface area (Å²) in [6.45, 7) is 3.75. The molecule has 1 unspecified atom stereocenters. The quantitative estimate of drug-likeness (QED) is 0.383. The Balaban J connectivity index is 1.33. The number of hydrogen-bond acceptors (Lipinski definition) is 6. The van der Waals surface area contributed by atoms with Crippen LogP contribution in [0, 0.1) is 5.82 Å². The number of ether oxygens (including phenoxy) is 1. The summed E-state index contributed by atoms with van der Waals surface area (Å²) in [6, 6.07) is 8.50. The Bertz CT molecular complexity index is 1780. The number of aromatic nitrogens is 2. The predicted octanol–water partition coefficient (Wildman–Crippen LogP) is 3.26. The number of hydrogen-bond donors (Lipinski definition) is 2. The Morgan fingerprint density at radius 3 is 2.54 bits per heavy atom. The van der Waals surface area contributed by atoms with Gasteiger partial charge < -0.3 is 25.2 Å².